The number of ether oxygens (including phenoxy) is 1. The van der Waals surface area contributed by atoms with Gasteiger partial charge < -0.3 is 10.5 Å². The van der Waals surface area contributed by atoms with Gasteiger partial charge >= 0.3 is 0 Å². The van der Waals surface area contributed by atoms with E-state index in [0.29, 0.717) is 0 Å². The van der Waals surface area contributed by atoms with Crippen LogP contribution in [0, 0.1) is 0 Å². The molecule has 2 heterocycles. The standard InChI is InChI=1S/C15H17NOS/c16-13(15-6-3-9-18-15)10-14-12-5-2-1-4-11(12)7-8-17-14/h1-6,9,13-14H,7-8,10,16H2. The third kappa shape index (κ3) is 2.34. The molecule has 1 aliphatic heterocycles. The fourth-order valence-corrected chi connectivity index (χ4v) is 3.26. The highest BCUT2D eigenvalue weighted by Gasteiger charge is 2.23. The number of benzene rings is 1. The molecular weight excluding hydrogens is 242 g/mol. The zero-order valence-electron chi connectivity index (χ0n) is 10.2. The van der Waals surface area contributed by atoms with Crippen LogP contribution in [0.3, 0.4) is 0 Å². The molecule has 2 atom stereocenters. The molecule has 0 saturated carbocycles. The van der Waals surface area contributed by atoms with E-state index in [0.717, 1.165) is 19.4 Å². The Morgan fingerprint density at radius 2 is 2.17 bits per heavy atom. The smallest absolute Gasteiger partial charge is 0.0846 e. The Hall–Kier alpha value is -1.16. The Kier molecular flexibility index (Phi) is 3.46. The molecule has 3 heteroatoms. The lowest BCUT2D eigenvalue weighted by atomic mass is 9.93. The maximum absolute atomic E-state index is 6.26. The van der Waals surface area contributed by atoms with Gasteiger partial charge in [-0.05, 0) is 35.4 Å². The molecule has 1 aliphatic rings. The molecule has 0 spiro atoms. The van der Waals surface area contributed by atoms with Crippen LogP contribution in [0.1, 0.15) is 34.6 Å². The average molecular weight is 259 g/mol. The molecule has 0 saturated heterocycles. The molecule has 2 unspecified atom stereocenters. The molecule has 1 aromatic carbocycles. The van der Waals surface area contributed by atoms with Gasteiger partial charge in [-0.15, -0.1) is 11.3 Å². The minimum absolute atomic E-state index is 0.0705. The summed E-state index contributed by atoms with van der Waals surface area (Å²) in [6.07, 6.45) is 2.02. The van der Waals surface area contributed by atoms with E-state index in [2.05, 4.69) is 41.8 Å². The van der Waals surface area contributed by atoms with Gasteiger partial charge in [0.2, 0.25) is 0 Å². The van der Waals surface area contributed by atoms with Crippen molar-refractivity contribution < 1.29 is 4.74 Å². The van der Waals surface area contributed by atoms with Gasteiger partial charge in [0, 0.05) is 10.9 Å². The minimum Gasteiger partial charge on any atom is -0.373 e. The van der Waals surface area contributed by atoms with Crippen molar-refractivity contribution >= 4 is 11.3 Å². The predicted molar refractivity (Wildman–Crippen MR) is 74.7 cm³/mol. The molecule has 0 amide bonds. The van der Waals surface area contributed by atoms with Crippen molar-refractivity contribution in [1.29, 1.82) is 0 Å². The molecule has 1 aromatic heterocycles. The first kappa shape index (κ1) is 11.9. The first-order chi connectivity index (χ1) is 8.84. The summed E-state index contributed by atoms with van der Waals surface area (Å²) in [5.41, 5.74) is 8.98. The lowest BCUT2D eigenvalue weighted by Gasteiger charge is -2.27. The monoisotopic (exact) mass is 259 g/mol. The second-order valence-electron chi connectivity index (χ2n) is 4.67. The molecule has 2 N–H and O–H groups in total. The SMILES string of the molecule is NC(CC1OCCc2ccccc21)c1cccs1. The molecule has 0 radical (unpaired) electrons. The Labute approximate surface area is 111 Å². The van der Waals surface area contributed by atoms with E-state index in [1.54, 1.807) is 11.3 Å². The second kappa shape index (κ2) is 5.22. The number of nitrogens with two attached hydrogens (primary N) is 1. The van der Waals surface area contributed by atoms with Crippen molar-refractivity contribution in [2.75, 3.05) is 6.61 Å². The Bertz CT molecular complexity index is 509. The summed E-state index contributed by atoms with van der Waals surface area (Å²) < 4.78 is 5.90. The lowest BCUT2D eigenvalue weighted by molar-refractivity contribution is 0.0322. The third-order valence-electron chi connectivity index (χ3n) is 3.47. The summed E-state index contributed by atoms with van der Waals surface area (Å²) in [5.74, 6) is 0. The maximum atomic E-state index is 6.26. The highest BCUT2D eigenvalue weighted by molar-refractivity contribution is 7.10. The molecule has 18 heavy (non-hydrogen) atoms. The van der Waals surface area contributed by atoms with Gasteiger partial charge in [-0.1, -0.05) is 30.3 Å². The lowest BCUT2D eigenvalue weighted by Crippen LogP contribution is -2.21. The van der Waals surface area contributed by atoms with Gasteiger partial charge in [-0.2, -0.15) is 0 Å². The van der Waals surface area contributed by atoms with Crippen LogP contribution in [0.4, 0.5) is 0 Å². The van der Waals surface area contributed by atoms with Gasteiger partial charge in [0.1, 0.15) is 0 Å². The molecule has 2 nitrogen and oxygen atoms in total. The summed E-state index contributed by atoms with van der Waals surface area (Å²) in [5, 5.41) is 2.07. The topological polar surface area (TPSA) is 35.2 Å². The zero-order valence-corrected chi connectivity index (χ0v) is 11.0. The van der Waals surface area contributed by atoms with Crippen LogP contribution >= 0.6 is 11.3 Å². The molecule has 0 aliphatic carbocycles. The second-order valence-corrected chi connectivity index (χ2v) is 5.65. The maximum Gasteiger partial charge on any atom is 0.0846 e. The first-order valence-corrected chi connectivity index (χ1v) is 7.21. The Morgan fingerprint density at radius 3 is 3.00 bits per heavy atom. The van der Waals surface area contributed by atoms with E-state index in [1.165, 1.54) is 16.0 Å². The van der Waals surface area contributed by atoms with Crippen LogP contribution in [0.5, 0.6) is 0 Å². The quantitative estimate of drug-likeness (QED) is 0.916. The van der Waals surface area contributed by atoms with Crippen molar-refractivity contribution in [1.82, 2.24) is 0 Å². The highest BCUT2D eigenvalue weighted by atomic mass is 32.1. The molecule has 94 valence electrons. The van der Waals surface area contributed by atoms with E-state index < -0.39 is 0 Å². The van der Waals surface area contributed by atoms with Gasteiger partial charge in [0.15, 0.2) is 0 Å². The van der Waals surface area contributed by atoms with Gasteiger partial charge in [0.05, 0.1) is 12.7 Å². The fourth-order valence-electron chi connectivity index (χ4n) is 2.52. The number of fused-ring (bicyclic) bond motifs is 1. The van der Waals surface area contributed by atoms with Crippen molar-refractivity contribution in [2.45, 2.75) is 25.0 Å². The predicted octanol–water partition coefficient (Wildman–Crippen LogP) is 3.45. The first-order valence-electron chi connectivity index (χ1n) is 6.33. The summed E-state index contributed by atoms with van der Waals surface area (Å²) in [7, 11) is 0. The fraction of sp³-hybridized carbons (Fsp3) is 0.333. The van der Waals surface area contributed by atoms with Crippen LogP contribution in [-0.2, 0) is 11.2 Å². The average Bonchev–Trinajstić information content (AvgIpc) is 2.93. The van der Waals surface area contributed by atoms with Gasteiger partial charge in [0.25, 0.3) is 0 Å². The summed E-state index contributed by atoms with van der Waals surface area (Å²) in [6.45, 7) is 0.804. The van der Waals surface area contributed by atoms with Crippen molar-refractivity contribution in [2.24, 2.45) is 5.73 Å². The number of thiophene rings is 1. The van der Waals surface area contributed by atoms with E-state index in [-0.39, 0.29) is 12.1 Å². The normalized spacial score (nSPS) is 20.4. The summed E-state index contributed by atoms with van der Waals surface area (Å²) in [6, 6.07) is 12.8. The Balaban J connectivity index is 1.78. The van der Waals surface area contributed by atoms with Crippen LogP contribution in [-0.4, -0.2) is 6.61 Å². The number of hydrogen-bond acceptors (Lipinski definition) is 3. The third-order valence-corrected chi connectivity index (χ3v) is 4.47. The minimum atomic E-state index is 0.0705. The molecular formula is C15H17NOS. The summed E-state index contributed by atoms with van der Waals surface area (Å²) in [4.78, 5) is 1.24. The Morgan fingerprint density at radius 1 is 1.28 bits per heavy atom. The number of hydrogen-bond donors (Lipinski definition) is 1. The summed E-state index contributed by atoms with van der Waals surface area (Å²) >= 11 is 1.72. The van der Waals surface area contributed by atoms with Crippen LogP contribution in [0.25, 0.3) is 0 Å². The molecule has 2 aromatic rings. The molecule has 0 bridgehead atoms. The van der Waals surface area contributed by atoms with Gasteiger partial charge in [-0.3, -0.25) is 0 Å². The van der Waals surface area contributed by atoms with E-state index in [4.69, 9.17) is 10.5 Å². The van der Waals surface area contributed by atoms with Crippen LogP contribution in [0.2, 0.25) is 0 Å². The van der Waals surface area contributed by atoms with E-state index >= 15 is 0 Å². The zero-order chi connectivity index (χ0) is 12.4. The van der Waals surface area contributed by atoms with Crippen molar-refractivity contribution in [3.8, 4) is 0 Å². The van der Waals surface area contributed by atoms with Crippen molar-refractivity contribution in [3.05, 3.63) is 57.8 Å². The number of rotatable bonds is 3. The molecule has 3 rings (SSSR count). The van der Waals surface area contributed by atoms with E-state index in [1.807, 2.05) is 0 Å². The highest BCUT2D eigenvalue weighted by Crippen LogP contribution is 2.34. The van der Waals surface area contributed by atoms with Gasteiger partial charge in [-0.25, -0.2) is 0 Å². The van der Waals surface area contributed by atoms with Crippen LogP contribution in [0.15, 0.2) is 41.8 Å². The van der Waals surface area contributed by atoms with Crippen LogP contribution < -0.4 is 5.73 Å². The molecule has 0 fully saturated rings. The van der Waals surface area contributed by atoms with Crippen molar-refractivity contribution in [3.63, 3.8) is 0 Å². The largest absolute Gasteiger partial charge is 0.373 e. The van der Waals surface area contributed by atoms with E-state index in [9.17, 15) is 0 Å².